The second-order valence-corrected chi connectivity index (χ2v) is 6.11. The molecule has 1 amide bonds. The Morgan fingerprint density at radius 2 is 1.95 bits per heavy atom. The zero-order valence-corrected chi connectivity index (χ0v) is 12.9. The number of amides is 1. The van der Waals surface area contributed by atoms with E-state index in [9.17, 15) is 14.7 Å². The second-order valence-electron chi connectivity index (χ2n) is 5.25. The average Bonchev–Trinajstić information content (AvgIpc) is 2.60. The number of carbonyl (C=O) groups is 2. The zero-order chi connectivity index (χ0) is 14.8. The molecule has 0 spiro atoms. The normalized spacial score (nSPS) is 18.3. The van der Waals surface area contributed by atoms with Crippen molar-refractivity contribution in [2.45, 2.75) is 44.1 Å². The van der Waals surface area contributed by atoms with E-state index >= 15 is 0 Å². The van der Waals surface area contributed by atoms with Crippen LogP contribution in [0.15, 0.2) is 10.7 Å². The lowest BCUT2D eigenvalue weighted by molar-refractivity contribution is -0.145. The van der Waals surface area contributed by atoms with Crippen molar-refractivity contribution < 1.29 is 14.7 Å². The number of hydrogen-bond donors (Lipinski definition) is 2. The number of aromatic nitrogens is 2. The highest BCUT2D eigenvalue weighted by Crippen LogP contribution is 2.28. The predicted molar refractivity (Wildman–Crippen MR) is 76.4 cm³/mol. The molecule has 0 aromatic carbocycles. The lowest BCUT2D eigenvalue weighted by atomic mass is 9.90. The summed E-state index contributed by atoms with van der Waals surface area (Å²) in [6.45, 7) is 0. The lowest BCUT2D eigenvalue weighted by Crippen LogP contribution is -2.54. The number of hydrogen-bond acceptors (Lipinski definition) is 3. The molecule has 2 rings (SSSR count). The highest BCUT2D eigenvalue weighted by molar-refractivity contribution is 9.10. The highest BCUT2D eigenvalue weighted by atomic mass is 79.9. The number of aryl methyl sites for hydroxylation is 1. The predicted octanol–water partition coefficient (Wildman–Crippen LogP) is 2.09. The number of carbonyl (C=O) groups excluding carboxylic acids is 1. The fourth-order valence-corrected chi connectivity index (χ4v) is 3.17. The van der Waals surface area contributed by atoms with Crippen LogP contribution in [0.2, 0.25) is 0 Å². The monoisotopic (exact) mass is 343 g/mol. The third-order valence-corrected chi connectivity index (χ3v) is 4.30. The molecular formula is C13H18BrN3O3. The largest absolute Gasteiger partial charge is 0.480 e. The Labute approximate surface area is 125 Å². The number of halogens is 1. The molecule has 0 bridgehead atoms. The number of carboxylic acids is 1. The minimum atomic E-state index is -1.16. The van der Waals surface area contributed by atoms with Gasteiger partial charge in [0.05, 0.1) is 4.47 Å². The van der Waals surface area contributed by atoms with Crippen LogP contribution in [0.5, 0.6) is 0 Å². The quantitative estimate of drug-likeness (QED) is 0.823. The molecule has 0 atom stereocenters. The fourth-order valence-electron chi connectivity index (χ4n) is 2.61. The maximum atomic E-state index is 12.3. The number of nitrogens with zero attached hydrogens (tertiary/aromatic N) is 2. The molecule has 110 valence electrons. The van der Waals surface area contributed by atoms with Crippen LogP contribution in [0.3, 0.4) is 0 Å². The Balaban J connectivity index is 2.21. The van der Waals surface area contributed by atoms with Crippen molar-refractivity contribution in [3.8, 4) is 0 Å². The molecule has 7 heteroatoms. The van der Waals surface area contributed by atoms with Crippen molar-refractivity contribution in [1.29, 1.82) is 0 Å². The van der Waals surface area contributed by atoms with Crippen molar-refractivity contribution in [3.05, 3.63) is 16.4 Å². The maximum absolute atomic E-state index is 12.3. The Hall–Kier alpha value is -1.37. The van der Waals surface area contributed by atoms with E-state index in [1.807, 2.05) is 0 Å². The smallest absolute Gasteiger partial charge is 0.329 e. The van der Waals surface area contributed by atoms with E-state index in [2.05, 4.69) is 26.3 Å². The molecule has 1 aromatic heterocycles. The topological polar surface area (TPSA) is 84.2 Å². The standard InChI is InChI=1S/C13H18BrN3O3/c1-17-8-9(14)10(16-17)11(18)15-13(12(19)20)6-4-2-3-5-7-13/h8H,2-7H2,1H3,(H,15,18)(H,19,20). The van der Waals surface area contributed by atoms with Gasteiger partial charge in [-0.15, -0.1) is 0 Å². The summed E-state index contributed by atoms with van der Waals surface area (Å²) in [6.07, 6.45) is 6.26. The van der Waals surface area contributed by atoms with Gasteiger partial charge in [-0.2, -0.15) is 5.10 Å². The lowest BCUT2D eigenvalue weighted by Gasteiger charge is -2.28. The van der Waals surface area contributed by atoms with E-state index in [0.717, 1.165) is 25.7 Å². The molecule has 0 radical (unpaired) electrons. The Morgan fingerprint density at radius 3 is 2.40 bits per heavy atom. The molecule has 1 saturated carbocycles. The van der Waals surface area contributed by atoms with Crippen molar-refractivity contribution in [2.24, 2.45) is 7.05 Å². The Morgan fingerprint density at radius 1 is 1.35 bits per heavy atom. The minimum Gasteiger partial charge on any atom is -0.480 e. The Kier molecular flexibility index (Phi) is 4.47. The third kappa shape index (κ3) is 3.03. The molecule has 2 N–H and O–H groups in total. The summed E-state index contributed by atoms with van der Waals surface area (Å²) >= 11 is 3.26. The first-order chi connectivity index (χ1) is 9.44. The van der Waals surface area contributed by atoms with Crippen molar-refractivity contribution in [2.75, 3.05) is 0 Å². The molecule has 6 nitrogen and oxygen atoms in total. The Bertz CT molecular complexity index is 519. The molecule has 1 heterocycles. The van der Waals surface area contributed by atoms with Crippen LogP contribution >= 0.6 is 15.9 Å². The van der Waals surface area contributed by atoms with Crippen LogP contribution in [0.4, 0.5) is 0 Å². The van der Waals surface area contributed by atoms with E-state index < -0.39 is 17.4 Å². The van der Waals surface area contributed by atoms with E-state index in [4.69, 9.17) is 0 Å². The van der Waals surface area contributed by atoms with Gasteiger partial charge in [0.2, 0.25) is 0 Å². The van der Waals surface area contributed by atoms with Gasteiger partial charge in [0.25, 0.3) is 5.91 Å². The molecule has 1 aliphatic carbocycles. The number of aliphatic carboxylic acids is 1. The first-order valence-corrected chi connectivity index (χ1v) is 7.49. The van der Waals surface area contributed by atoms with Crippen molar-refractivity contribution in [3.63, 3.8) is 0 Å². The van der Waals surface area contributed by atoms with Gasteiger partial charge in [-0.3, -0.25) is 9.48 Å². The van der Waals surface area contributed by atoms with Crippen molar-refractivity contribution in [1.82, 2.24) is 15.1 Å². The van der Waals surface area contributed by atoms with Crippen LogP contribution in [-0.2, 0) is 11.8 Å². The number of nitrogens with one attached hydrogen (secondary N) is 1. The summed E-state index contributed by atoms with van der Waals surface area (Å²) < 4.78 is 2.08. The average molecular weight is 344 g/mol. The van der Waals surface area contributed by atoms with Gasteiger partial charge in [-0.05, 0) is 28.8 Å². The maximum Gasteiger partial charge on any atom is 0.329 e. The molecule has 20 heavy (non-hydrogen) atoms. The molecular weight excluding hydrogens is 326 g/mol. The number of rotatable bonds is 3. The highest BCUT2D eigenvalue weighted by Gasteiger charge is 2.40. The minimum absolute atomic E-state index is 0.220. The van der Waals surface area contributed by atoms with Gasteiger partial charge in [-0.25, -0.2) is 4.79 Å². The molecule has 0 unspecified atom stereocenters. The van der Waals surface area contributed by atoms with E-state index in [1.54, 1.807) is 13.2 Å². The second kappa shape index (κ2) is 5.95. The van der Waals surface area contributed by atoms with E-state index in [1.165, 1.54) is 4.68 Å². The van der Waals surface area contributed by atoms with Gasteiger partial charge in [-0.1, -0.05) is 25.7 Å². The van der Waals surface area contributed by atoms with Gasteiger partial charge >= 0.3 is 5.97 Å². The summed E-state index contributed by atoms with van der Waals surface area (Å²) in [4.78, 5) is 23.9. The molecule has 1 fully saturated rings. The summed E-state index contributed by atoms with van der Waals surface area (Å²) in [5.41, 5.74) is -0.942. The molecule has 1 aromatic rings. The van der Waals surface area contributed by atoms with Crippen LogP contribution in [-0.4, -0.2) is 32.3 Å². The zero-order valence-electron chi connectivity index (χ0n) is 11.4. The van der Waals surface area contributed by atoms with E-state index in [-0.39, 0.29) is 5.69 Å². The fraction of sp³-hybridized carbons (Fsp3) is 0.615. The van der Waals surface area contributed by atoms with Gasteiger partial charge in [0.15, 0.2) is 5.69 Å². The number of carboxylic acid groups (broad SMARTS) is 1. The van der Waals surface area contributed by atoms with E-state index in [0.29, 0.717) is 17.3 Å². The van der Waals surface area contributed by atoms with Gasteiger partial charge in [0, 0.05) is 13.2 Å². The summed E-state index contributed by atoms with van der Waals surface area (Å²) in [7, 11) is 1.71. The first-order valence-electron chi connectivity index (χ1n) is 6.70. The molecule has 0 aliphatic heterocycles. The van der Waals surface area contributed by atoms with Crippen LogP contribution in [0.1, 0.15) is 49.0 Å². The van der Waals surface area contributed by atoms with Gasteiger partial charge < -0.3 is 10.4 Å². The first kappa shape index (κ1) is 15.0. The molecule has 1 aliphatic rings. The summed E-state index contributed by atoms with van der Waals surface area (Å²) in [5.74, 6) is -1.40. The summed E-state index contributed by atoms with van der Waals surface area (Å²) in [5, 5.41) is 16.3. The van der Waals surface area contributed by atoms with Crippen LogP contribution in [0.25, 0.3) is 0 Å². The summed E-state index contributed by atoms with van der Waals surface area (Å²) in [6, 6.07) is 0. The molecule has 0 saturated heterocycles. The van der Waals surface area contributed by atoms with Crippen molar-refractivity contribution >= 4 is 27.8 Å². The SMILES string of the molecule is Cn1cc(Br)c(C(=O)NC2(C(=O)O)CCCCCC2)n1. The third-order valence-electron chi connectivity index (χ3n) is 3.72. The van der Waals surface area contributed by atoms with Gasteiger partial charge in [0.1, 0.15) is 5.54 Å². The van der Waals surface area contributed by atoms with Crippen LogP contribution < -0.4 is 5.32 Å². The van der Waals surface area contributed by atoms with Crippen LogP contribution in [0, 0.1) is 0 Å².